The molecule has 140 valence electrons. The Morgan fingerprint density at radius 3 is 2.64 bits per heavy atom. The number of aliphatic hydroxyl groups excluding tert-OH is 1. The van der Waals surface area contributed by atoms with Crippen LogP contribution in [0.5, 0.6) is 0 Å². The Balaban J connectivity index is 2.22. The van der Waals surface area contributed by atoms with Crippen molar-refractivity contribution in [2.45, 2.75) is 72.3 Å². The van der Waals surface area contributed by atoms with E-state index in [0.717, 1.165) is 49.2 Å². The molecule has 1 aromatic heterocycles. The molecule has 1 amide bonds. The lowest BCUT2D eigenvalue weighted by molar-refractivity contribution is 0.0559. The van der Waals surface area contributed by atoms with Gasteiger partial charge in [0.25, 0.3) is 0 Å². The average Bonchev–Trinajstić information content (AvgIpc) is 2.48. The van der Waals surface area contributed by atoms with Crippen LogP contribution in [-0.2, 0) is 17.6 Å². The molecule has 0 aromatic carbocycles. The van der Waals surface area contributed by atoms with Gasteiger partial charge < -0.3 is 9.84 Å². The van der Waals surface area contributed by atoms with E-state index in [1.54, 1.807) is 4.90 Å². The molecular formula is C20H32N2O3. The molecule has 0 aliphatic carbocycles. The van der Waals surface area contributed by atoms with Gasteiger partial charge in [0.1, 0.15) is 11.4 Å². The molecule has 1 aliphatic heterocycles. The second-order valence-electron chi connectivity index (χ2n) is 8.73. The third-order valence-corrected chi connectivity index (χ3v) is 4.23. The van der Waals surface area contributed by atoms with E-state index in [9.17, 15) is 4.79 Å². The van der Waals surface area contributed by atoms with Gasteiger partial charge in [0, 0.05) is 18.8 Å². The van der Waals surface area contributed by atoms with Crippen LogP contribution < -0.4 is 4.90 Å². The van der Waals surface area contributed by atoms with Crippen molar-refractivity contribution in [2.75, 3.05) is 18.1 Å². The highest BCUT2D eigenvalue weighted by Crippen LogP contribution is 2.36. The Morgan fingerprint density at radius 1 is 1.28 bits per heavy atom. The summed E-state index contributed by atoms with van der Waals surface area (Å²) < 4.78 is 5.60. The second-order valence-corrected chi connectivity index (χ2v) is 8.73. The number of ether oxygens (including phenoxy) is 1. The quantitative estimate of drug-likeness (QED) is 0.813. The van der Waals surface area contributed by atoms with Gasteiger partial charge in [-0.1, -0.05) is 26.3 Å². The fourth-order valence-electron chi connectivity index (χ4n) is 3.16. The highest BCUT2D eigenvalue weighted by molar-refractivity contribution is 5.88. The number of aryl methyl sites for hydroxylation is 1. The van der Waals surface area contributed by atoms with Gasteiger partial charge in [0.15, 0.2) is 0 Å². The number of nitrogens with zero attached hydrogens (tertiary/aromatic N) is 2. The summed E-state index contributed by atoms with van der Waals surface area (Å²) in [5.74, 6) is 0.744. The summed E-state index contributed by atoms with van der Waals surface area (Å²) in [5, 5.41) is 8.89. The molecule has 0 bridgehead atoms. The number of carbonyl (C=O) groups is 1. The molecule has 2 heterocycles. The van der Waals surface area contributed by atoms with Gasteiger partial charge >= 0.3 is 6.09 Å². The minimum atomic E-state index is -0.527. The molecule has 0 radical (unpaired) electrons. The van der Waals surface area contributed by atoms with Crippen LogP contribution in [0.25, 0.3) is 0 Å². The Labute approximate surface area is 151 Å². The molecule has 25 heavy (non-hydrogen) atoms. The molecule has 1 N–H and O–H groups in total. The molecule has 0 saturated carbocycles. The summed E-state index contributed by atoms with van der Waals surface area (Å²) in [5.41, 5.74) is 1.56. The minimum Gasteiger partial charge on any atom is -0.443 e. The predicted molar refractivity (Wildman–Crippen MR) is 99.9 cm³/mol. The minimum absolute atomic E-state index is 0.00573. The number of anilines is 1. The van der Waals surface area contributed by atoms with E-state index in [2.05, 4.69) is 26.0 Å². The summed E-state index contributed by atoms with van der Waals surface area (Å²) in [6.07, 6.45) is 4.23. The number of hydrogen-bond donors (Lipinski definition) is 1. The Kier molecular flexibility index (Phi) is 6.09. The van der Waals surface area contributed by atoms with Crippen LogP contribution in [0.3, 0.4) is 0 Å². The topological polar surface area (TPSA) is 62.7 Å². The molecular weight excluding hydrogens is 316 g/mol. The van der Waals surface area contributed by atoms with E-state index >= 15 is 0 Å². The average molecular weight is 348 g/mol. The van der Waals surface area contributed by atoms with Gasteiger partial charge in [-0.2, -0.15) is 0 Å². The van der Waals surface area contributed by atoms with Crippen molar-refractivity contribution < 1.29 is 14.6 Å². The maximum absolute atomic E-state index is 12.7. The number of rotatable bonds is 5. The number of fused-ring (bicyclic) bond motifs is 1. The van der Waals surface area contributed by atoms with Crippen molar-refractivity contribution in [1.82, 2.24) is 4.98 Å². The van der Waals surface area contributed by atoms with Gasteiger partial charge in [-0.15, -0.1) is 0 Å². The van der Waals surface area contributed by atoms with E-state index in [4.69, 9.17) is 14.8 Å². The number of amides is 1. The van der Waals surface area contributed by atoms with Crippen molar-refractivity contribution in [2.24, 2.45) is 5.41 Å². The Morgan fingerprint density at radius 2 is 2.00 bits per heavy atom. The third-order valence-electron chi connectivity index (χ3n) is 4.23. The van der Waals surface area contributed by atoms with Crippen molar-refractivity contribution in [3.05, 3.63) is 23.4 Å². The zero-order chi connectivity index (χ0) is 18.7. The zero-order valence-corrected chi connectivity index (χ0v) is 16.3. The molecule has 2 rings (SSSR count). The van der Waals surface area contributed by atoms with Crippen LogP contribution in [0.1, 0.15) is 65.1 Å². The first-order valence-corrected chi connectivity index (χ1v) is 9.21. The summed E-state index contributed by atoms with van der Waals surface area (Å²) in [6.45, 7) is 10.8. The first-order chi connectivity index (χ1) is 11.6. The van der Waals surface area contributed by atoms with Crippen LogP contribution >= 0.6 is 0 Å². The molecule has 0 unspecified atom stereocenters. The molecule has 5 nitrogen and oxygen atoms in total. The highest BCUT2D eigenvalue weighted by Gasteiger charge is 2.36. The van der Waals surface area contributed by atoms with Crippen LogP contribution in [0.4, 0.5) is 10.6 Å². The fourth-order valence-corrected chi connectivity index (χ4v) is 3.16. The molecule has 0 fully saturated rings. The number of carbonyl (C=O) groups excluding carboxylic acids is 1. The summed E-state index contributed by atoms with van der Waals surface area (Å²) in [6, 6.07) is 4.16. The van der Waals surface area contributed by atoms with Crippen LogP contribution in [0.15, 0.2) is 12.1 Å². The van der Waals surface area contributed by atoms with Crippen molar-refractivity contribution in [3.8, 4) is 0 Å². The Hall–Kier alpha value is -1.62. The van der Waals surface area contributed by atoms with Gasteiger partial charge in [-0.05, 0) is 63.5 Å². The molecule has 0 atom stereocenters. The van der Waals surface area contributed by atoms with E-state index < -0.39 is 5.60 Å². The number of aliphatic hydroxyl groups is 1. The molecule has 0 spiro atoms. The van der Waals surface area contributed by atoms with Crippen molar-refractivity contribution in [1.29, 1.82) is 0 Å². The van der Waals surface area contributed by atoms with Crippen LogP contribution in [0.2, 0.25) is 0 Å². The smallest absolute Gasteiger partial charge is 0.416 e. The lowest BCUT2D eigenvalue weighted by Crippen LogP contribution is -2.46. The zero-order valence-electron chi connectivity index (χ0n) is 16.3. The van der Waals surface area contributed by atoms with Gasteiger partial charge in [-0.25, -0.2) is 9.78 Å². The monoisotopic (exact) mass is 348 g/mol. The summed E-state index contributed by atoms with van der Waals surface area (Å²) in [7, 11) is 0. The maximum atomic E-state index is 12.7. The first-order valence-electron chi connectivity index (χ1n) is 9.21. The maximum Gasteiger partial charge on any atom is 0.416 e. The summed E-state index contributed by atoms with van der Waals surface area (Å²) >= 11 is 0. The lowest BCUT2D eigenvalue weighted by Gasteiger charge is -2.39. The number of unbranched alkanes of at least 4 members (excludes halogenated alkanes) is 2. The van der Waals surface area contributed by atoms with Crippen molar-refractivity contribution >= 4 is 11.9 Å². The standard InChI is InChI=1S/C20H32N2O3/c1-19(2,3)25-18(24)22-14-20(4,5)13-15-10-11-16(21-17(15)22)9-7-6-8-12-23/h10-11,23H,6-9,12-14H2,1-5H3. The molecule has 1 aliphatic rings. The molecule has 5 heteroatoms. The van der Waals surface area contributed by atoms with Gasteiger partial charge in [0.05, 0.1) is 0 Å². The third kappa shape index (κ3) is 5.70. The second kappa shape index (κ2) is 7.73. The number of aromatic nitrogens is 1. The normalized spacial score (nSPS) is 16.5. The van der Waals surface area contributed by atoms with Crippen LogP contribution in [0, 0.1) is 5.41 Å². The molecule has 0 saturated heterocycles. The number of hydrogen-bond acceptors (Lipinski definition) is 4. The van der Waals surface area contributed by atoms with Gasteiger partial charge in [0.2, 0.25) is 0 Å². The first kappa shape index (κ1) is 19.7. The van der Waals surface area contributed by atoms with E-state index in [1.807, 2.05) is 20.8 Å². The largest absolute Gasteiger partial charge is 0.443 e. The SMILES string of the molecule is CC1(C)Cc2ccc(CCCCCO)nc2N(C(=O)OC(C)(C)C)C1. The van der Waals surface area contributed by atoms with E-state index in [1.165, 1.54) is 0 Å². The van der Waals surface area contributed by atoms with Crippen molar-refractivity contribution in [3.63, 3.8) is 0 Å². The highest BCUT2D eigenvalue weighted by atomic mass is 16.6. The fraction of sp³-hybridized carbons (Fsp3) is 0.700. The van der Waals surface area contributed by atoms with Crippen LogP contribution in [-0.4, -0.2) is 34.9 Å². The molecule has 1 aromatic rings. The van der Waals surface area contributed by atoms with Gasteiger partial charge in [-0.3, -0.25) is 4.90 Å². The predicted octanol–water partition coefficient (Wildman–Crippen LogP) is 4.11. The van der Waals surface area contributed by atoms with E-state index in [0.29, 0.717) is 6.54 Å². The van der Waals surface area contributed by atoms with E-state index in [-0.39, 0.29) is 18.1 Å². The lowest BCUT2D eigenvalue weighted by atomic mass is 9.82. The Bertz CT molecular complexity index is 605. The number of pyridine rings is 1. The summed E-state index contributed by atoms with van der Waals surface area (Å²) in [4.78, 5) is 19.2.